The molecule has 0 aromatic rings. The second-order valence-corrected chi connectivity index (χ2v) is 17.0. The molecule has 9 atom stereocenters. The van der Waals surface area contributed by atoms with Gasteiger partial charge in [-0.25, -0.2) is 0 Å². The number of carboxylic acid groups (broad SMARTS) is 8. The van der Waals surface area contributed by atoms with E-state index in [-0.39, 0.29) is 52.4 Å². The number of aliphatic carboxylic acids is 8. The van der Waals surface area contributed by atoms with E-state index in [1.807, 2.05) is 0 Å². The van der Waals surface area contributed by atoms with Crippen LogP contribution in [0.15, 0.2) is 0 Å². The van der Waals surface area contributed by atoms with E-state index in [1.165, 1.54) is 9.80 Å². The van der Waals surface area contributed by atoms with Crippen LogP contribution < -0.4 is 10.6 Å². The maximum Gasteiger partial charge on any atom is 0.317 e. The summed E-state index contributed by atoms with van der Waals surface area (Å²) in [6.07, 6.45) is -14.6. The van der Waals surface area contributed by atoms with E-state index < -0.39 is 200 Å². The molecular formula is C40H68N8O27. The van der Waals surface area contributed by atoms with Crippen molar-refractivity contribution in [3.05, 3.63) is 0 Å². The van der Waals surface area contributed by atoms with Crippen molar-refractivity contribution in [1.29, 1.82) is 0 Å². The van der Waals surface area contributed by atoms with Crippen LogP contribution in [-0.2, 0) is 57.4 Å². The fraction of sp³-hybridized carbons (Fsp3) is 0.750. The van der Waals surface area contributed by atoms with Crippen molar-refractivity contribution < 1.29 is 134 Å². The van der Waals surface area contributed by atoms with E-state index in [2.05, 4.69) is 10.6 Å². The number of hydrogen-bond acceptors (Lipinski definition) is 25. The number of nitrogens with zero attached hydrogens (tertiary/aromatic N) is 6. The number of carbonyl (C=O) groups is 10. The number of ether oxygens (including phenoxy) is 2. The highest BCUT2D eigenvalue weighted by Gasteiger charge is 2.48. The first kappa shape index (κ1) is 67.1. The molecule has 75 heavy (non-hydrogen) atoms. The standard InChI is InChI=1S/C40H68N8O27/c49-19-22(41-25(53)9-45(13-29(59)60)5-1-43(11-27(55)56)3-7-47(15-31(63)64)16-32(65)66)36(71)39(23(52)20-50)75-40-35(38(73)37(72)24(21-51)74-40)42-26(54)10-46(14-30(61)62)6-2-44(12-28(57)58)4-8-48(17-33(67)68)18-34(69)70/h22-24,35-40,49-52,71-73H,1-21H2,(H,41,53)(H,42,54)(H,55,56)(H,57,58)(H,59,60)(H,61,62)(H,63,64)(H,65,66)(H,67,68)(H,69,70)/t22-,23+,24+,35+,36+,37+,38+,39+,40-/m0/s1. The second-order valence-electron chi connectivity index (χ2n) is 17.0. The Labute approximate surface area is 425 Å². The van der Waals surface area contributed by atoms with Crippen LogP contribution in [0.5, 0.6) is 0 Å². The molecule has 0 aromatic carbocycles. The number of carboxylic acids is 8. The van der Waals surface area contributed by atoms with Gasteiger partial charge in [0.2, 0.25) is 11.8 Å². The number of nitrogens with one attached hydrogen (secondary N) is 2. The van der Waals surface area contributed by atoms with E-state index in [0.717, 1.165) is 19.6 Å². The van der Waals surface area contributed by atoms with Crippen LogP contribution >= 0.6 is 0 Å². The van der Waals surface area contributed by atoms with Crippen molar-refractivity contribution in [2.75, 3.05) is 138 Å². The number of aliphatic hydroxyl groups excluding tert-OH is 7. The molecule has 1 rings (SSSR count). The molecule has 0 aliphatic carbocycles. The Bertz CT molecular complexity index is 1860. The first-order valence-corrected chi connectivity index (χ1v) is 22.6. The summed E-state index contributed by atoms with van der Waals surface area (Å²) >= 11 is 0. The number of hydrogen-bond donors (Lipinski definition) is 17. The number of aliphatic hydroxyl groups is 7. The molecule has 1 aliphatic heterocycles. The normalized spacial score (nSPS) is 19.5. The predicted octanol–water partition coefficient (Wildman–Crippen LogP) is -11.0. The molecule has 2 amide bonds. The van der Waals surface area contributed by atoms with E-state index in [1.54, 1.807) is 0 Å². The molecule has 0 bridgehead atoms. The van der Waals surface area contributed by atoms with Crippen molar-refractivity contribution in [2.45, 2.75) is 55.0 Å². The predicted molar refractivity (Wildman–Crippen MR) is 242 cm³/mol. The van der Waals surface area contributed by atoms with Gasteiger partial charge in [-0.05, 0) is 0 Å². The van der Waals surface area contributed by atoms with E-state index in [0.29, 0.717) is 0 Å². The van der Waals surface area contributed by atoms with Gasteiger partial charge in [-0.15, -0.1) is 0 Å². The zero-order valence-electron chi connectivity index (χ0n) is 40.3. The summed E-state index contributed by atoms with van der Waals surface area (Å²) in [5.41, 5.74) is 0. The topological polar surface area (TPSA) is 536 Å². The molecule has 1 fully saturated rings. The Balaban J connectivity index is 3.34. The van der Waals surface area contributed by atoms with Gasteiger partial charge in [-0.1, -0.05) is 0 Å². The highest BCUT2D eigenvalue weighted by molar-refractivity contribution is 5.80. The van der Waals surface area contributed by atoms with Gasteiger partial charge in [-0.2, -0.15) is 0 Å². The molecule has 1 saturated heterocycles. The van der Waals surface area contributed by atoms with Crippen molar-refractivity contribution >= 4 is 59.6 Å². The van der Waals surface area contributed by atoms with Crippen LogP contribution in [0.25, 0.3) is 0 Å². The monoisotopic (exact) mass is 1090 g/mol. The van der Waals surface area contributed by atoms with Crippen LogP contribution in [0.1, 0.15) is 0 Å². The first-order valence-electron chi connectivity index (χ1n) is 22.6. The fourth-order valence-corrected chi connectivity index (χ4v) is 7.43. The van der Waals surface area contributed by atoms with Crippen LogP contribution in [0.2, 0.25) is 0 Å². The van der Waals surface area contributed by atoms with Gasteiger partial charge in [0.05, 0.1) is 91.3 Å². The Morgan fingerprint density at radius 2 is 0.773 bits per heavy atom. The Morgan fingerprint density at radius 3 is 1.09 bits per heavy atom. The molecule has 0 radical (unpaired) electrons. The Morgan fingerprint density at radius 1 is 0.453 bits per heavy atom. The molecule has 430 valence electrons. The van der Waals surface area contributed by atoms with Crippen LogP contribution in [0.3, 0.4) is 0 Å². The molecule has 0 spiro atoms. The van der Waals surface area contributed by atoms with Gasteiger partial charge in [0.1, 0.15) is 42.7 Å². The molecular weight excluding hydrogens is 1020 g/mol. The summed E-state index contributed by atoms with van der Waals surface area (Å²) in [6.45, 7) is -13.4. The maximum absolute atomic E-state index is 13.5. The van der Waals surface area contributed by atoms with Crippen LogP contribution in [-0.4, -0.2) is 358 Å². The van der Waals surface area contributed by atoms with E-state index in [4.69, 9.17) is 29.9 Å². The minimum absolute atomic E-state index is 0.227. The lowest BCUT2D eigenvalue weighted by atomic mass is 9.96. The van der Waals surface area contributed by atoms with E-state index in [9.17, 15) is 104 Å². The Kier molecular flexibility index (Phi) is 31.0. The summed E-state index contributed by atoms with van der Waals surface area (Å²) in [7, 11) is 0. The van der Waals surface area contributed by atoms with Gasteiger partial charge in [0.15, 0.2) is 6.29 Å². The van der Waals surface area contributed by atoms with Crippen molar-refractivity contribution in [1.82, 2.24) is 40.0 Å². The fourth-order valence-electron chi connectivity index (χ4n) is 7.43. The van der Waals surface area contributed by atoms with Crippen LogP contribution in [0, 0.1) is 0 Å². The Hall–Kier alpha value is -5.90. The van der Waals surface area contributed by atoms with Gasteiger partial charge >= 0.3 is 47.8 Å². The lowest BCUT2D eigenvalue weighted by molar-refractivity contribution is -0.300. The minimum atomic E-state index is -2.28. The van der Waals surface area contributed by atoms with Crippen molar-refractivity contribution in [3.63, 3.8) is 0 Å². The smallest absolute Gasteiger partial charge is 0.317 e. The maximum atomic E-state index is 13.5. The van der Waals surface area contributed by atoms with Gasteiger partial charge in [0, 0.05) is 52.4 Å². The third-order valence-corrected chi connectivity index (χ3v) is 10.9. The first-order chi connectivity index (χ1) is 35.1. The SMILES string of the molecule is O=C(O)CN(CCN(CC(=O)O)CC(=O)O)CCN(CC(=O)O)CC(=O)N[C@H]1[C@H](O[C@@H]([C@H](O)[C@H](CO)NC(=O)CN(CCN(CCN(CC(=O)O)CC(=O)O)CC(=O)O)CC(=O)O)[C@H](O)CO)O[C@H](CO)[C@@H](O)[C@@H]1O. The summed E-state index contributed by atoms with van der Waals surface area (Å²) in [5.74, 6) is -13.5. The number of carbonyl (C=O) groups excluding carboxylic acids is 2. The molecule has 35 nitrogen and oxygen atoms in total. The van der Waals surface area contributed by atoms with Gasteiger partial charge in [0.25, 0.3) is 0 Å². The molecule has 35 heteroatoms. The summed E-state index contributed by atoms with van der Waals surface area (Å²) in [6, 6.07) is -3.80. The number of amides is 2. The average Bonchev–Trinajstić information content (AvgIpc) is 3.28. The zero-order chi connectivity index (χ0) is 57.1. The highest BCUT2D eigenvalue weighted by Crippen LogP contribution is 2.25. The molecule has 0 unspecified atom stereocenters. The van der Waals surface area contributed by atoms with Gasteiger partial charge in [-0.3, -0.25) is 77.3 Å². The summed E-state index contributed by atoms with van der Waals surface area (Å²) in [4.78, 5) is 125. The minimum Gasteiger partial charge on any atom is -0.480 e. The lowest BCUT2D eigenvalue weighted by Crippen LogP contribution is -2.67. The zero-order valence-corrected chi connectivity index (χ0v) is 40.3. The van der Waals surface area contributed by atoms with Crippen molar-refractivity contribution in [3.8, 4) is 0 Å². The largest absolute Gasteiger partial charge is 0.480 e. The highest BCUT2D eigenvalue weighted by atomic mass is 16.7. The van der Waals surface area contributed by atoms with Crippen molar-refractivity contribution in [2.24, 2.45) is 0 Å². The second kappa shape index (κ2) is 34.6. The molecule has 1 aliphatic rings. The molecule has 1 heterocycles. The molecule has 0 aromatic heterocycles. The molecule has 17 N–H and O–H groups in total. The van der Waals surface area contributed by atoms with Gasteiger partial charge < -0.3 is 96.7 Å². The summed E-state index contributed by atoms with van der Waals surface area (Å²) in [5, 5.41) is 153. The average molecular weight is 1090 g/mol. The summed E-state index contributed by atoms with van der Waals surface area (Å²) < 4.78 is 11.3. The lowest BCUT2D eigenvalue weighted by Gasteiger charge is -2.44. The van der Waals surface area contributed by atoms with Crippen LogP contribution in [0.4, 0.5) is 0 Å². The third kappa shape index (κ3) is 27.5. The molecule has 0 saturated carbocycles. The number of rotatable bonds is 42. The van der Waals surface area contributed by atoms with E-state index >= 15 is 0 Å². The third-order valence-electron chi connectivity index (χ3n) is 10.9. The quantitative estimate of drug-likeness (QED) is 0.0270.